The van der Waals surface area contributed by atoms with Gasteiger partial charge >= 0.3 is 6.01 Å². The van der Waals surface area contributed by atoms with Crippen LogP contribution in [-0.4, -0.2) is 89.6 Å². The first-order valence-corrected chi connectivity index (χ1v) is 17.8. The molecule has 14 heteroatoms. The fourth-order valence-corrected chi connectivity index (χ4v) is 9.87. The average Bonchev–Trinajstić information content (AvgIpc) is 3.76. The van der Waals surface area contributed by atoms with Crippen LogP contribution in [0.3, 0.4) is 0 Å². The molecule has 2 unspecified atom stereocenters. The number of thiophene rings is 1. The molecule has 9 nitrogen and oxygen atoms in total. The lowest BCUT2D eigenvalue weighted by Crippen LogP contribution is -2.51. The van der Waals surface area contributed by atoms with E-state index in [-0.39, 0.29) is 76.1 Å². The molecule has 3 N–H and O–H groups in total. The minimum Gasteiger partial charge on any atom is -0.461 e. The lowest BCUT2D eigenvalue weighted by Gasteiger charge is -2.35. The Labute approximate surface area is 278 Å². The number of benzene rings is 1. The number of nitrogens with one attached hydrogen (secondary N) is 1. The molecule has 9 rings (SSSR count). The summed E-state index contributed by atoms with van der Waals surface area (Å²) in [6.07, 6.45) is 3.63. The zero-order valence-corrected chi connectivity index (χ0v) is 27.4. The van der Waals surface area contributed by atoms with E-state index < -0.39 is 29.2 Å². The maximum Gasteiger partial charge on any atom is 0.319 e. The van der Waals surface area contributed by atoms with Crippen molar-refractivity contribution in [3.8, 4) is 17.1 Å². The molecule has 0 saturated carbocycles. The van der Waals surface area contributed by atoms with Crippen molar-refractivity contribution in [3.05, 3.63) is 34.8 Å². The van der Waals surface area contributed by atoms with Crippen LogP contribution in [0.1, 0.15) is 56.2 Å². The Hall–Kier alpha value is -3.33. The molecule has 5 fully saturated rings. The number of hydrogen-bond acceptors (Lipinski definition) is 10. The van der Waals surface area contributed by atoms with Crippen LogP contribution in [0.5, 0.6) is 6.01 Å². The van der Waals surface area contributed by atoms with Gasteiger partial charge in [0.1, 0.15) is 35.4 Å². The van der Waals surface area contributed by atoms with Gasteiger partial charge in [-0.15, -0.1) is 11.3 Å². The van der Waals surface area contributed by atoms with Crippen molar-refractivity contribution in [1.29, 1.82) is 0 Å². The summed E-state index contributed by atoms with van der Waals surface area (Å²) in [6.45, 7) is 5.07. The zero-order valence-electron chi connectivity index (χ0n) is 26.6. The maximum atomic E-state index is 17.5. The molecule has 3 aromatic heterocycles. The SMILES string of the molecule is CCc1c(N)sc2c(F)cc(F)c(-c3c(C4COC4)nc4c(N5CC6CCC(C5)N6)nc(OC[C@@]56CCCN5C[C@H](F)C6)nc4c3F)c12. The first kappa shape index (κ1) is 30.7. The molecule has 4 atom stereocenters. The second kappa shape index (κ2) is 11.4. The number of piperazine rings is 1. The largest absolute Gasteiger partial charge is 0.461 e. The molecule has 5 aliphatic heterocycles. The van der Waals surface area contributed by atoms with E-state index >= 15 is 13.2 Å². The molecule has 8 heterocycles. The molecule has 0 radical (unpaired) electrons. The highest BCUT2D eigenvalue weighted by Gasteiger charge is 2.49. The number of halogens is 4. The minimum absolute atomic E-state index is 0.0305. The molecule has 254 valence electrons. The van der Waals surface area contributed by atoms with Gasteiger partial charge in [0, 0.05) is 66.6 Å². The number of fused-ring (bicyclic) bond motifs is 5. The minimum atomic E-state index is -0.932. The van der Waals surface area contributed by atoms with Crippen LogP contribution in [0.2, 0.25) is 0 Å². The summed E-state index contributed by atoms with van der Waals surface area (Å²) < 4.78 is 75.3. The zero-order chi connectivity index (χ0) is 32.9. The number of pyridine rings is 1. The third-order valence-corrected chi connectivity index (χ3v) is 12.2. The molecule has 5 aliphatic rings. The molecule has 0 spiro atoms. The molecule has 1 aromatic carbocycles. The fourth-order valence-electron chi connectivity index (χ4n) is 8.79. The van der Waals surface area contributed by atoms with Crippen LogP contribution in [0.25, 0.3) is 32.2 Å². The molecular formula is C34H37F4N7O2S. The second-order valence-electron chi connectivity index (χ2n) is 14.1. The van der Waals surface area contributed by atoms with Gasteiger partial charge in [-0.25, -0.2) is 22.5 Å². The summed E-state index contributed by atoms with van der Waals surface area (Å²) in [5, 5.41) is 4.24. The van der Waals surface area contributed by atoms with Crippen molar-refractivity contribution < 1.29 is 27.0 Å². The number of nitrogens with two attached hydrogens (primary N) is 1. The van der Waals surface area contributed by atoms with Gasteiger partial charge in [0.15, 0.2) is 11.6 Å². The van der Waals surface area contributed by atoms with Crippen molar-refractivity contribution in [3.63, 3.8) is 0 Å². The summed E-state index contributed by atoms with van der Waals surface area (Å²) in [5.41, 5.74) is 6.73. The Balaban J connectivity index is 1.26. The topological polar surface area (TPSA) is 102 Å². The smallest absolute Gasteiger partial charge is 0.319 e. The van der Waals surface area contributed by atoms with E-state index in [1.165, 1.54) is 0 Å². The Morgan fingerprint density at radius 3 is 2.58 bits per heavy atom. The van der Waals surface area contributed by atoms with Crippen molar-refractivity contribution in [2.75, 3.05) is 56.6 Å². The fraction of sp³-hybridized carbons (Fsp3) is 0.559. The highest BCUT2D eigenvalue weighted by atomic mass is 32.1. The predicted molar refractivity (Wildman–Crippen MR) is 176 cm³/mol. The third-order valence-electron chi connectivity index (χ3n) is 11.1. The van der Waals surface area contributed by atoms with Crippen LogP contribution >= 0.6 is 11.3 Å². The highest BCUT2D eigenvalue weighted by molar-refractivity contribution is 7.23. The summed E-state index contributed by atoms with van der Waals surface area (Å²) in [5.74, 6) is -2.29. The lowest BCUT2D eigenvalue weighted by molar-refractivity contribution is 0.00698. The normalized spacial score (nSPS) is 27.4. The van der Waals surface area contributed by atoms with Crippen molar-refractivity contribution in [2.45, 2.75) is 75.2 Å². The van der Waals surface area contributed by atoms with Gasteiger partial charge in [0.05, 0.1) is 34.1 Å². The van der Waals surface area contributed by atoms with E-state index in [2.05, 4.69) is 20.1 Å². The number of ether oxygens (including phenoxy) is 2. The number of hydrogen-bond donors (Lipinski definition) is 2. The Bertz CT molecular complexity index is 1940. The number of nitrogens with zero attached hydrogens (tertiary/aromatic N) is 5. The standard InChI is InChI=1S/C34H37F4N7O2S/c1-2-20-23-24(21(36)8-22(37)30(23)48-31(20)39)25-26(38)28-29(41-27(25)16-13-46-14-16)32(44-11-18-4-5-19(12-44)40-18)43-33(42-28)47-15-34-6-3-7-45(34)10-17(35)9-34/h8,16-19,40H,2-7,9-15,39H2,1H3/t17-,18?,19?,34+/m1/s1. The predicted octanol–water partition coefficient (Wildman–Crippen LogP) is 5.48. The van der Waals surface area contributed by atoms with Crippen molar-refractivity contribution >= 4 is 43.3 Å². The molecule has 5 saturated heterocycles. The third kappa shape index (κ3) is 4.69. The first-order valence-electron chi connectivity index (χ1n) is 16.9. The first-order chi connectivity index (χ1) is 23.2. The van der Waals surface area contributed by atoms with Gasteiger partial charge < -0.3 is 25.4 Å². The monoisotopic (exact) mass is 683 g/mol. The van der Waals surface area contributed by atoms with Crippen LogP contribution in [0.15, 0.2) is 6.07 Å². The highest BCUT2D eigenvalue weighted by Crippen LogP contribution is 2.48. The molecule has 4 aromatic rings. The van der Waals surface area contributed by atoms with E-state index in [4.69, 9.17) is 25.2 Å². The number of alkyl halides is 1. The number of rotatable bonds is 7. The van der Waals surface area contributed by atoms with Crippen molar-refractivity contribution in [2.24, 2.45) is 0 Å². The lowest BCUT2D eigenvalue weighted by atomic mass is 9.89. The molecule has 2 bridgehead atoms. The average molecular weight is 684 g/mol. The van der Waals surface area contributed by atoms with Gasteiger partial charge in [-0.2, -0.15) is 9.97 Å². The Morgan fingerprint density at radius 1 is 1.06 bits per heavy atom. The Morgan fingerprint density at radius 2 is 1.85 bits per heavy atom. The quantitative estimate of drug-likeness (QED) is 0.246. The van der Waals surface area contributed by atoms with Gasteiger partial charge in [-0.05, 0) is 44.2 Å². The van der Waals surface area contributed by atoms with Gasteiger partial charge in [0.2, 0.25) is 0 Å². The molecule has 48 heavy (non-hydrogen) atoms. The molecular weight excluding hydrogens is 646 g/mol. The van der Waals surface area contributed by atoms with Crippen molar-refractivity contribution in [1.82, 2.24) is 25.2 Å². The molecule has 0 amide bonds. The molecule has 0 aliphatic carbocycles. The summed E-state index contributed by atoms with van der Waals surface area (Å²) in [4.78, 5) is 18.8. The second-order valence-corrected chi connectivity index (χ2v) is 15.1. The van der Waals surface area contributed by atoms with Crippen LogP contribution in [-0.2, 0) is 11.2 Å². The van der Waals surface area contributed by atoms with E-state index in [1.807, 2.05) is 6.92 Å². The van der Waals surface area contributed by atoms with Gasteiger partial charge in [-0.1, -0.05) is 6.92 Å². The summed E-state index contributed by atoms with van der Waals surface area (Å²) in [7, 11) is 0. The van der Waals surface area contributed by atoms with E-state index in [0.717, 1.165) is 49.6 Å². The number of aromatic nitrogens is 3. The number of aryl methyl sites for hydroxylation is 1. The van der Waals surface area contributed by atoms with E-state index in [9.17, 15) is 4.39 Å². The van der Waals surface area contributed by atoms with E-state index in [1.54, 1.807) is 0 Å². The number of nitrogen functional groups attached to an aromatic ring is 1. The van der Waals surface area contributed by atoms with Crippen LogP contribution in [0, 0.1) is 17.5 Å². The maximum absolute atomic E-state index is 17.5. The van der Waals surface area contributed by atoms with Gasteiger partial charge in [-0.3, -0.25) is 4.90 Å². The summed E-state index contributed by atoms with van der Waals surface area (Å²) in [6, 6.07) is 1.27. The van der Waals surface area contributed by atoms with E-state index in [0.29, 0.717) is 54.6 Å². The Kier molecular flexibility index (Phi) is 7.27. The summed E-state index contributed by atoms with van der Waals surface area (Å²) >= 11 is 1.03. The van der Waals surface area contributed by atoms with Crippen LogP contribution in [0.4, 0.5) is 28.4 Å². The van der Waals surface area contributed by atoms with Gasteiger partial charge in [0.25, 0.3) is 0 Å². The van der Waals surface area contributed by atoms with Crippen LogP contribution < -0.4 is 20.7 Å². The number of anilines is 2.